The van der Waals surface area contributed by atoms with E-state index in [4.69, 9.17) is 11.6 Å². The Morgan fingerprint density at radius 2 is 1.67 bits per heavy atom. The summed E-state index contributed by atoms with van der Waals surface area (Å²) in [6.45, 7) is 4.66. The molecule has 0 spiro atoms. The fourth-order valence-corrected chi connectivity index (χ4v) is 4.00. The summed E-state index contributed by atoms with van der Waals surface area (Å²) in [6, 6.07) is 19.2. The summed E-state index contributed by atoms with van der Waals surface area (Å²) in [7, 11) is 0. The molecule has 1 heterocycles. The summed E-state index contributed by atoms with van der Waals surface area (Å²) >= 11 is 6.22. The number of hydrogen-bond acceptors (Lipinski definition) is 3. The van der Waals surface area contributed by atoms with Gasteiger partial charge in [-0.3, -0.25) is 9.59 Å². The van der Waals surface area contributed by atoms with Crippen molar-refractivity contribution in [2.24, 2.45) is 0 Å². The molecule has 1 aliphatic heterocycles. The van der Waals surface area contributed by atoms with Crippen molar-refractivity contribution in [2.75, 3.05) is 36.4 Å². The first-order chi connectivity index (χ1) is 14.5. The van der Waals surface area contributed by atoms with Gasteiger partial charge in [-0.05, 0) is 41.1 Å². The molecule has 5 nitrogen and oxygen atoms in total. The normalized spacial score (nSPS) is 14.1. The van der Waals surface area contributed by atoms with E-state index in [1.54, 1.807) is 6.07 Å². The van der Waals surface area contributed by atoms with Crippen molar-refractivity contribution in [3.63, 3.8) is 0 Å². The average Bonchev–Trinajstić information content (AvgIpc) is 2.78. The highest BCUT2D eigenvalue weighted by molar-refractivity contribution is 6.31. The maximum atomic E-state index is 13.0. The third-order valence-electron chi connectivity index (χ3n) is 5.49. The van der Waals surface area contributed by atoms with Gasteiger partial charge in [0.1, 0.15) is 0 Å². The van der Waals surface area contributed by atoms with Crippen molar-refractivity contribution < 1.29 is 9.59 Å². The topological polar surface area (TPSA) is 52.7 Å². The first kappa shape index (κ1) is 20.2. The molecule has 3 aromatic rings. The zero-order valence-electron chi connectivity index (χ0n) is 16.9. The number of benzene rings is 3. The van der Waals surface area contributed by atoms with Crippen LogP contribution in [-0.4, -0.2) is 42.9 Å². The number of fused-ring (bicyclic) bond motifs is 1. The lowest BCUT2D eigenvalue weighted by molar-refractivity contribution is -0.131. The molecule has 30 heavy (non-hydrogen) atoms. The SMILES string of the molecule is CCC(=O)N1CCN(c2ccc(Cl)cc2NC(=O)c2ccc3ccccc3c2)CC1. The third kappa shape index (κ3) is 4.26. The van der Waals surface area contributed by atoms with E-state index in [-0.39, 0.29) is 11.8 Å². The van der Waals surface area contributed by atoms with Crippen LogP contribution in [0.2, 0.25) is 5.02 Å². The Morgan fingerprint density at radius 3 is 2.40 bits per heavy atom. The maximum absolute atomic E-state index is 13.0. The minimum atomic E-state index is -0.177. The lowest BCUT2D eigenvalue weighted by atomic mass is 10.1. The van der Waals surface area contributed by atoms with Crippen molar-refractivity contribution in [1.29, 1.82) is 0 Å². The summed E-state index contributed by atoms with van der Waals surface area (Å²) in [5.41, 5.74) is 2.19. The predicted molar refractivity (Wildman–Crippen MR) is 122 cm³/mol. The highest BCUT2D eigenvalue weighted by Crippen LogP contribution is 2.31. The number of nitrogens with zero attached hydrogens (tertiary/aromatic N) is 2. The quantitative estimate of drug-likeness (QED) is 0.658. The molecule has 6 heteroatoms. The zero-order chi connectivity index (χ0) is 21.1. The number of hydrogen-bond donors (Lipinski definition) is 1. The van der Waals surface area contributed by atoms with E-state index in [9.17, 15) is 9.59 Å². The van der Waals surface area contributed by atoms with E-state index < -0.39 is 0 Å². The van der Waals surface area contributed by atoms with Crippen LogP contribution >= 0.6 is 11.6 Å². The van der Waals surface area contributed by atoms with Gasteiger partial charge in [0.25, 0.3) is 5.91 Å². The summed E-state index contributed by atoms with van der Waals surface area (Å²) in [5, 5.41) is 5.71. The first-order valence-corrected chi connectivity index (χ1v) is 10.6. The van der Waals surface area contributed by atoms with Gasteiger partial charge in [-0.15, -0.1) is 0 Å². The van der Waals surface area contributed by atoms with Crippen LogP contribution in [0.4, 0.5) is 11.4 Å². The summed E-state index contributed by atoms with van der Waals surface area (Å²) in [6.07, 6.45) is 0.522. The van der Waals surface area contributed by atoms with Crippen LogP contribution in [0, 0.1) is 0 Å². The number of halogens is 1. The molecule has 0 aliphatic carbocycles. The Labute approximate surface area is 181 Å². The standard InChI is InChI=1S/C24H24ClN3O2/c1-2-23(29)28-13-11-27(12-14-28)22-10-9-20(25)16-21(22)26-24(30)19-8-7-17-5-3-4-6-18(17)15-19/h3-10,15-16H,2,11-14H2,1H3,(H,26,30). The van der Waals surface area contributed by atoms with Gasteiger partial charge < -0.3 is 15.1 Å². The minimum Gasteiger partial charge on any atom is -0.366 e. The van der Waals surface area contributed by atoms with Crippen LogP contribution in [0.5, 0.6) is 0 Å². The molecule has 0 unspecified atom stereocenters. The molecule has 2 amide bonds. The van der Waals surface area contributed by atoms with Gasteiger partial charge in [0.15, 0.2) is 0 Å². The summed E-state index contributed by atoms with van der Waals surface area (Å²) < 4.78 is 0. The second-order valence-corrected chi connectivity index (χ2v) is 7.84. The van der Waals surface area contributed by atoms with E-state index in [1.807, 2.05) is 66.4 Å². The third-order valence-corrected chi connectivity index (χ3v) is 5.73. The molecule has 154 valence electrons. The molecule has 0 saturated carbocycles. The molecule has 0 atom stereocenters. The molecule has 1 saturated heterocycles. The zero-order valence-corrected chi connectivity index (χ0v) is 17.7. The lowest BCUT2D eigenvalue weighted by Crippen LogP contribution is -2.48. The molecule has 0 radical (unpaired) electrons. The van der Waals surface area contributed by atoms with Gasteiger partial charge in [-0.2, -0.15) is 0 Å². The molecule has 3 aromatic carbocycles. The molecule has 4 rings (SSSR count). The number of rotatable bonds is 4. The predicted octanol–water partition coefficient (Wildman–Crippen LogP) is 4.80. The van der Waals surface area contributed by atoms with Crippen molar-refractivity contribution >= 4 is 45.6 Å². The summed E-state index contributed by atoms with van der Waals surface area (Å²) in [4.78, 5) is 29.0. The Hall–Kier alpha value is -3.05. The van der Waals surface area contributed by atoms with Gasteiger partial charge in [0.2, 0.25) is 5.91 Å². The summed E-state index contributed by atoms with van der Waals surface area (Å²) in [5.74, 6) is -0.000321. The molecule has 1 N–H and O–H groups in total. The Kier molecular flexibility index (Phi) is 5.91. The number of carbonyl (C=O) groups is 2. The number of amides is 2. The van der Waals surface area contributed by atoms with Gasteiger partial charge in [0, 0.05) is 43.2 Å². The second-order valence-electron chi connectivity index (χ2n) is 7.40. The fourth-order valence-electron chi connectivity index (χ4n) is 3.83. The number of anilines is 2. The van der Waals surface area contributed by atoms with Gasteiger partial charge in [0.05, 0.1) is 11.4 Å². The Bertz CT molecular complexity index is 1090. The van der Waals surface area contributed by atoms with Crippen molar-refractivity contribution in [3.05, 3.63) is 71.2 Å². The van der Waals surface area contributed by atoms with Crippen LogP contribution in [0.15, 0.2) is 60.7 Å². The highest BCUT2D eigenvalue weighted by Gasteiger charge is 2.22. The highest BCUT2D eigenvalue weighted by atomic mass is 35.5. The minimum absolute atomic E-state index is 0.176. The van der Waals surface area contributed by atoms with Gasteiger partial charge in [-0.1, -0.05) is 48.9 Å². The number of nitrogens with one attached hydrogen (secondary N) is 1. The van der Waals surface area contributed by atoms with Crippen LogP contribution in [0.1, 0.15) is 23.7 Å². The number of carbonyl (C=O) groups excluding carboxylic acids is 2. The van der Waals surface area contributed by atoms with E-state index in [0.717, 1.165) is 16.5 Å². The molecular formula is C24H24ClN3O2. The second kappa shape index (κ2) is 8.76. The average molecular weight is 422 g/mol. The van der Waals surface area contributed by atoms with Crippen molar-refractivity contribution in [3.8, 4) is 0 Å². The van der Waals surface area contributed by atoms with Crippen LogP contribution in [0.3, 0.4) is 0 Å². The largest absolute Gasteiger partial charge is 0.366 e. The van der Waals surface area contributed by atoms with Gasteiger partial charge in [-0.25, -0.2) is 0 Å². The van der Waals surface area contributed by atoms with Crippen molar-refractivity contribution in [2.45, 2.75) is 13.3 Å². The van der Waals surface area contributed by atoms with Crippen LogP contribution in [-0.2, 0) is 4.79 Å². The molecule has 0 bridgehead atoms. The Morgan fingerprint density at radius 1 is 0.933 bits per heavy atom. The lowest BCUT2D eigenvalue weighted by Gasteiger charge is -2.37. The first-order valence-electron chi connectivity index (χ1n) is 10.2. The van der Waals surface area contributed by atoms with Crippen LogP contribution < -0.4 is 10.2 Å². The maximum Gasteiger partial charge on any atom is 0.255 e. The number of piperazine rings is 1. The molecule has 0 aromatic heterocycles. The van der Waals surface area contributed by atoms with Gasteiger partial charge >= 0.3 is 0 Å². The van der Waals surface area contributed by atoms with Crippen LogP contribution in [0.25, 0.3) is 10.8 Å². The van der Waals surface area contributed by atoms with E-state index >= 15 is 0 Å². The van der Waals surface area contributed by atoms with E-state index in [0.29, 0.717) is 48.9 Å². The monoisotopic (exact) mass is 421 g/mol. The van der Waals surface area contributed by atoms with Crippen molar-refractivity contribution in [1.82, 2.24) is 4.90 Å². The van der Waals surface area contributed by atoms with E-state index in [1.165, 1.54) is 0 Å². The fraction of sp³-hybridized carbons (Fsp3) is 0.250. The Balaban J connectivity index is 1.54. The molecular weight excluding hydrogens is 398 g/mol. The molecule has 1 aliphatic rings. The smallest absolute Gasteiger partial charge is 0.255 e. The van der Waals surface area contributed by atoms with E-state index in [2.05, 4.69) is 10.2 Å². The molecule has 1 fully saturated rings.